The fourth-order valence-electron chi connectivity index (χ4n) is 1.22. The van der Waals surface area contributed by atoms with Gasteiger partial charge in [0, 0.05) is 10.7 Å². The lowest BCUT2D eigenvalue weighted by molar-refractivity contribution is 1.31. The number of benzene rings is 1. The van der Waals surface area contributed by atoms with Crippen LogP contribution in [0.4, 0.5) is 17.2 Å². The predicted octanol–water partition coefficient (Wildman–Crippen LogP) is 3.71. The number of aromatic nitrogens is 1. The van der Waals surface area contributed by atoms with E-state index in [2.05, 4.69) is 10.3 Å². The van der Waals surface area contributed by atoms with Crippen molar-refractivity contribution in [3.05, 3.63) is 46.6 Å². The normalized spacial score (nSPS) is 10.1. The second-order valence-electron chi connectivity index (χ2n) is 3.20. The monoisotopic (exact) mass is 253 g/mol. The van der Waals surface area contributed by atoms with Gasteiger partial charge >= 0.3 is 0 Å². The first kappa shape index (κ1) is 11.0. The molecule has 0 radical (unpaired) electrons. The molecule has 16 heavy (non-hydrogen) atoms. The van der Waals surface area contributed by atoms with Crippen LogP contribution in [0.3, 0.4) is 0 Å². The Kier molecular flexibility index (Phi) is 3.17. The molecule has 0 saturated carbocycles. The summed E-state index contributed by atoms with van der Waals surface area (Å²) in [4.78, 5) is 4.09. The molecule has 0 aliphatic rings. The Labute approximate surface area is 103 Å². The van der Waals surface area contributed by atoms with E-state index in [0.29, 0.717) is 21.7 Å². The van der Waals surface area contributed by atoms with Crippen molar-refractivity contribution >= 4 is 40.4 Å². The standard InChI is InChI=1S/C11H9Cl2N3/c12-7-1-3-8(4-2-7)15-11-9(14)5-6-10(13)16-11/h1-6H,14H2,(H,15,16). The largest absolute Gasteiger partial charge is 0.396 e. The molecule has 0 aliphatic heterocycles. The fraction of sp³-hybridized carbons (Fsp3) is 0. The van der Waals surface area contributed by atoms with E-state index >= 15 is 0 Å². The Morgan fingerprint density at radius 1 is 1.00 bits per heavy atom. The number of halogens is 2. The van der Waals surface area contributed by atoms with Gasteiger partial charge in [-0.1, -0.05) is 23.2 Å². The molecule has 1 aromatic heterocycles. The lowest BCUT2D eigenvalue weighted by Gasteiger charge is -2.08. The Morgan fingerprint density at radius 3 is 2.38 bits per heavy atom. The third kappa shape index (κ3) is 2.56. The van der Waals surface area contributed by atoms with Crippen molar-refractivity contribution in [3.8, 4) is 0 Å². The molecule has 5 heteroatoms. The number of nitrogens with zero attached hydrogens (tertiary/aromatic N) is 1. The van der Waals surface area contributed by atoms with Gasteiger partial charge in [0.15, 0.2) is 5.82 Å². The highest BCUT2D eigenvalue weighted by molar-refractivity contribution is 6.30. The van der Waals surface area contributed by atoms with Gasteiger partial charge in [-0.05, 0) is 36.4 Å². The van der Waals surface area contributed by atoms with Crippen LogP contribution in [0, 0.1) is 0 Å². The fourth-order valence-corrected chi connectivity index (χ4v) is 1.49. The number of hydrogen-bond donors (Lipinski definition) is 2. The first-order valence-electron chi connectivity index (χ1n) is 4.60. The Bertz CT molecular complexity index is 497. The number of nitrogen functional groups attached to an aromatic ring is 1. The van der Waals surface area contributed by atoms with Gasteiger partial charge in [0.25, 0.3) is 0 Å². The molecule has 82 valence electrons. The zero-order valence-corrected chi connectivity index (χ0v) is 9.76. The Balaban J connectivity index is 2.26. The number of rotatable bonds is 2. The van der Waals surface area contributed by atoms with Crippen LogP contribution in [-0.2, 0) is 0 Å². The maximum absolute atomic E-state index is 5.78. The van der Waals surface area contributed by atoms with Crippen molar-refractivity contribution in [1.29, 1.82) is 0 Å². The van der Waals surface area contributed by atoms with Crippen LogP contribution in [-0.4, -0.2) is 4.98 Å². The number of pyridine rings is 1. The summed E-state index contributed by atoms with van der Waals surface area (Å²) in [6.07, 6.45) is 0. The van der Waals surface area contributed by atoms with Gasteiger partial charge in [-0.2, -0.15) is 0 Å². The van der Waals surface area contributed by atoms with Crippen LogP contribution in [0.25, 0.3) is 0 Å². The molecule has 0 unspecified atom stereocenters. The second-order valence-corrected chi connectivity index (χ2v) is 4.03. The zero-order valence-electron chi connectivity index (χ0n) is 8.24. The lowest BCUT2D eigenvalue weighted by Crippen LogP contribution is -1.98. The highest BCUT2D eigenvalue weighted by Gasteiger charge is 2.02. The van der Waals surface area contributed by atoms with Gasteiger partial charge in [0.2, 0.25) is 0 Å². The minimum Gasteiger partial charge on any atom is -0.396 e. The first-order chi connectivity index (χ1) is 7.65. The molecular formula is C11H9Cl2N3. The number of anilines is 3. The summed E-state index contributed by atoms with van der Waals surface area (Å²) >= 11 is 11.6. The molecule has 3 nitrogen and oxygen atoms in total. The van der Waals surface area contributed by atoms with E-state index in [1.54, 1.807) is 24.3 Å². The minimum absolute atomic E-state index is 0.394. The van der Waals surface area contributed by atoms with Gasteiger partial charge in [0.05, 0.1) is 5.69 Å². The topological polar surface area (TPSA) is 50.9 Å². The predicted molar refractivity (Wildman–Crippen MR) is 68.4 cm³/mol. The van der Waals surface area contributed by atoms with Crippen molar-refractivity contribution in [2.75, 3.05) is 11.1 Å². The van der Waals surface area contributed by atoms with E-state index < -0.39 is 0 Å². The van der Waals surface area contributed by atoms with Crippen molar-refractivity contribution < 1.29 is 0 Å². The van der Waals surface area contributed by atoms with E-state index in [1.807, 2.05) is 12.1 Å². The summed E-state index contributed by atoms with van der Waals surface area (Å²) in [6.45, 7) is 0. The molecule has 0 atom stereocenters. The quantitative estimate of drug-likeness (QED) is 0.803. The number of hydrogen-bond acceptors (Lipinski definition) is 3. The molecule has 2 aromatic rings. The minimum atomic E-state index is 0.394. The average Bonchev–Trinajstić information content (AvgIpc) is 2.27. The second kappa shape index (κ2) is 4.60. The van der Waals surface area contributed by atoms with Crippen molar-refractivity contribution in [3.63, 3.8) is 0 Å². The zero-order chi connectivity index (χ0) is 11.5. The van der Waals surface area contributed by atoms with E-state index in [-0.39, 0.29) is 0 Å². The maximum Gasteiger partial charge on any atom is 0.155 e. The molecule has 0 spiro atoms. The molecule has 0 bridgehead atoms. The maximum atomic E-state index is 5.78. The highest BCUT2D eigenvalue weighted by atomic mass is 35.5. The Morgan fingerprint density at radius 2 is 1.69 bits per heavy atom. The highest BCUT2D eigenvalue weighted by Crippen LogP contribution is 2.23. The summed E-state index contributed by atoms with van der Waals surface area (Å²) in [5.74, 6) is 0.537. The third-order valence-electron chi connectivity index (χ3n) is 2.00. The molecule has 0 amide bonds. The number of nitrogens with two attached hydrogens (primary N) is 1. The van der Waals surface area contributed by atoms with Crippen LogP contribution in [0.1, 0.15) is 0 Å². The van der Waals surface area contributed by atoms with Crippen molar-refractivity contribution in [1.82, 2.24) is 4.98 Å². The molecule has 3 N–H and O–H groups in total. The number of nitrogens with one attached hydrogen (secondary N) is 1. The molecule has 0 aliphatic carbocycles. The Hall–Kier alpha value is -1.45. The van der Waals surface area contributed by atoms with Crippen molar-refractivity contribution in [2.45, 2.75) is 0 Å². The van der Waals surface area contributed by atoms with Gasteiger partial charge < -0.3 is 11.1 Å². The van der Waals surface area contributed by atoms with E-state index in [1.165, 1.54) is 0 Å². The van der Waals surface area contributed by atoms with E-state index in [0.717, 1.165) is 5.69 Å². The first-order valence-corrected chi connectivity index (χ1v) is 5.35. The molecular weight excluding hydrogens is 245 g/mol. The van der Waals surface area contributed by atoms with Crippen LogP contribution in [0.5, 0.6) is 0 Å². The van der Waals surface area contributed by atoms with Crippen LogP contribution >= 0.6 is 23.2 Å². The smallest absolute Gasteiger partial charge is 0.155 e. The summed E-state index contributed by atoms with van der Waals surface area (Å²) < 4.78 is 0. The van der Waals surface area contributed by atoms with Gasteiger partial charge in [0.1, 0.15) is 5.15 Å². The summed E-state index contributed by atoms with van der Waals surface area (Å²) in [5, 5.41) is 4.13. The van der Waals surface area contributed by atoms with Crippen LogP contribution < -0.4 is 11.1 Å². The van der Waals surface area contributed by atoms with Gasteiger partial charge in [-0.3, -0.25) is 0 Å². The molecule has 0 fully saturated rings. The summed E-state index contributed by atoms with van der Waals surface area (Å²) in [5.41, 5.74) is 7.15. The SMILES string of the molecule is Nc1ccc(Cl)nc1Nc1ccc(Cl)cc1. The average molecular weight is 254 g/mol. The summed E-state index contributed by atoms with van der Waals surface area (Å²) in [7, 11) is 0. The van der Waals surface area contributed by atoms with E-state index in [4.69, 9.17) is 28.9 Å². The van der Waals surface area contributed by atoms with E-state index in [9.17, 15) is 0 Å². The molecule has 2 rings (SSSR count). The third-order valence-corrected chi connectivity index (χ3v) is 2.46. The molecule has 0 saturated heterocycles. The molecule has 1 aromatic carbocycles. The van der Waals surface area contributed by atoms with Crippen molar-refractivity contribution in [2.24, 2.45) is 0 Å². The van der Waals surface area contributed by atoms with Gasteiger partial charge in [-0.15, -0.1) is 0 Å². The molecule has 1 heterocycles. The van der Waals surface area contributed by atoms with Crippen LogP contribution in [0.2, 0.25) is 10.2 Å². The van der Waals surface area contributed by atoms with Gasteiger partial charge in [-0.25, -0.2) is 4.98 Å². The lowest BCUT2D eigenvalue weighted by atomic mass is 10.3. The summed E-state index contributed by atoms with van der Waals surface area (Å²) in [6, 6.07) is 10.6. The van der Waals surface area contributed by atoms with Crippen LogP contribution in [0.15, 0.2) is 36.4 Å².